The summed E-state index contributed by atoms with van der Waals surface area (Å²) in [5, 5.41) is 14.0. The van der Waals surface area contributed by atoms with Gasteiger partial charge in [0.2, 0.25) is 6.29 Å². The third-order valence-electron chi connectivity index (χ3n) is 4.62. The highest BCUT2D eigenvalue weighted by Crippen LogP contribution is 2.38. The number of hydrogen-bond acceptors (Lipinski definition) is 8. The van der Waals surface area contributed by atoms with Gasteiger partial charge in [0, 0.05) is 13.5 Å². The summed E-state index contributed by atoms with van der Waals surface area (Å²) in [7, 11) is 0. The fraction of sp³-hybridized carbons (Fsp3) is 0.824. The predicted octanol–water partition coefficient (Wildman–Crippen LogP) is 2.75. The Morgan fingerprint density at radius 3 is 2.37 bits per heavy atom. The van der Waals surface area contributed by atoms with Crippen molar-refractivity contribution in [2.45, 2.75) is 65.6 Å². The van der Waals surface area contributed by atoms with E-state index in [1.807, 2.05) is 0 Å². The van der Waals surface area contributed by atoms with Crippen molar-refractivity contribution in [2.24, 2.45) is 16.2 Å². The van der Waals surface area contributed by atoms with Crippen LogP contribution in [0.5, 0.6) is 0 Å². The van der Waals surface area contributed by atoms with E-state index in [9.17, 15) is 19.3 Å². The van der Waals surface area contributed by atoms with Crippen LogP contribution >= 0.6 is 0 Å². The topological polar surface area (TPSA) is 141 Å². The molecule has 0 aliphatic heterocycles. The fourth-order valence-corrected chi connectivity index (χ4v) is 3.07. The number of alkyl carbamates (subject to hydrolysis) is 1. The van der Waals surface area contributed by atoms with Gasteiger partial charge in [0.05, 0.1) is 11.8 Å². The SMILES string of the molecule is CC(OC(=O)NCC1(CC(=O)O)CCCCC1)OC(=O)C(C)(C)CON=O. The Hall–Kier alpha value is -2.39. The van der Waals surface area contributed by atoms with E-state index in [1.54, 1.807) is 0 Å². The van der Waals surface area contributed by atoms with E-state index in [0.29, 0.717) is 0 Å². The molecule has 1 aliphatic rings. The maximum atomic E-state index is 12.0. The molecule has 1 unspecified atom stereocenters. The molecule has 0 spiro atoms. The van der Waals surface area contributed by atoms with Crippen LogP contribution in [0, 0.1) is 15.7 Å². The number of carbonyl (C=O) groups is 3. The summed E-state index contributed by atoms with van der Waals surface area (Å²) in [6, 6.07) is 0. The molecule has 0 aromatic carbocycles. The van der Waals surface area contributed by atoms with Gasteiger partial charge in [-0.1, -0.05) is 19.3 Å². The first-order valence-electron chi connectivity index (χ1n) is 8.92. The lowest BCUT2D eigenvalue weighted by Crippen LogP contribution is -2.42. The fourth-order valence-electron chi connectivity index (χ4n) is 3.07. The average Bonchev–Trinajstić information content (AvgIpc) is 2.58. The molecule has 0 saturated heterocycles. The van der Waals surface area contributed by atoms with Gasteiger partial charge in [-0.2, -0.15) is 0 Å². The number of rotatable bonds is 10. The number of esters is 1. The zero-order valence-electron chi connectivity index (χ0n) is 16.0. The molecule has 2 N–H and O–H groups in total. The molecule has 0 radical (unpaired) electrons. The number of carboxylic acids is 1. The van der Waals surface area contributed by atoms with Crippen molar-refractivity contribution in [2.75, 3.05) is 13.2 Å². The number of ether oxygens (including phenoxy) is 2. The van der Waals surface area contributed by atoms with Crippen molar-refractivity contribution in [3.8, 4) is 0 Å². The number of nitrogens with zero attached hydrogens (tertiary/aromatic N) is 1. The van der Waals surface area contributed by atoms with E-state index in [4.69, 9.17) is 14.6 Å². The smallest absolute Gasteiger partial charge is 0.410 e. The van der Waals surface area contributed by atoms with Crippen LogP contribution in [0.4, 0.5) is 4.79 Å². The van der Waals surface area contributed by atoms with Crippen molar-refractivity contribution >= 4 is 18.0 Å². The Kier molecular flexibility index (Phi) is 8.45. The first-order valence-corrected chi connectivity index (χ1v) is 8.92. The molecular weight excluding hydrogens is 360 g/mol. The Labute approximate surface area is 157 Å². The zero-order valence-corrected chi connectivity index (χ0v) is 16.0. The summed E-state index contributed by atoms with van der Waals surface area (Å²) < 4.78 is 10.0. The first-order chi connectivity index (χ1) is 12.6. The Morgan fingerprint density at radius 1 is 1.19 bits per heavy atom. The highest BCUT2D eigenvalue weighted by molar-refractivity contribution is 5.76. The van der Waals surface area contributed by atoms with Gasteiger partial charge in [-0.3, -0.25) is 9.59 Å². The highest BCUT2D eigenvalue weighted by Gasteiger charge is 2.36. The van der Waals surface area contributed by atoms with Crippen LogP contribution in [0.25, 0.3) is 0 Å². The summed E-state index contributed by atoms with van der Waals surface area (Å²) >= 11 is 0. The summed E-state index contributed by atoms with van der Waals surface area (Å²) in [6.07, 6.45) is 2.37. The maximum Gasteiger partial charge on any atom is 0.410 e. The number of hydrogen-bond donors (Lipinski definition) is 2. The molecule has 10 heteroatoms. The largest absolute Gasteiger partial charge is 0.481 e. The third kappa shape index (κ3) is 7.79. The molecule has 0 aromatic heterocycles. The highest BCUT2D eigenvalue weighted by atomic mass is 16.7. The molecule has 0 bridgehead atoms. The Balaban J connectivity index is 2.49. The van der Waals surface area contributed by atoms with Gasteiger partial charge in [-0.15, -0.1) is 4.91 Å². The zero-order chi connectivity index (χ0) is 20.5. The van der Waals surface area contributed by atoms with Crippen LogP contribution in [0.3, 0.4) is 0 Å². The predicted molar refractivity (Wildman–Crippen MR) is 93.3 cm³/mol. The lowest BCUT2D eigenvalue weighted by atomic mass is 9.72. The van der Waals surface area contributed by atoms with Crippen molar-refractivity contribution in [1.29, 1.82) is 0 Å². The van der Waals surface area contributed by atoms with Crippen molar-refractivity contribution in [1.82, 2.24) is 5.32 Å². The minimum atomic E-state index is -1.16. The summed E-state index contributed by atoms with van der Waals surface area (Å²) in [5.41, 5.74) is -1.63. The quantitative estimate of drug-likeness (QED) is 0.252. The molecule has 0 aromatic rings. The molecule has 1 aliphatic carbocycles. The van der Waals surface area contributed by atoms with Gasteiger partial charge in [0.25, 0.3) is 0 Å². The van der Waals surface area contributed by atoms with Crippen LogP contribution < -0.4 is 5.32 Å². The second-order valence-corrected chi connectivity index (χ2v) is 7.59. The van der Waals surface area contributed by atoms with E-state index in [-0.39, 0.29) is 19.6 Å². The van der Waals surface area contributed by atoms with Crippen LogP contribution in [-0.2, 0) is 23.9 Å². The summed E-state index contributed by atoms with van der Waals surface area (Å²) in [5.74, 6) is -1.62. The van der Waals surface area contributed by atoms with E-state index in [1.165, 1.54) is 20.8 Å². The lowest BCUT2D eigenvalue weighted by molar-refractivity contribution is -0.178. The molecule has 154 valence electrons. The molecule has 27 heavy (non-hydrogen) atoms. The molecule has 1 rings (SSSR count). The molecule has 1 saturated carbocycles. The summed E-state index contributed by atoms with van der Waals surface area (Å²) in [4.78, 5) is 49.5. The molecule has 1 amide bonds. The van der Waals surface area contributed by atoms with Gasteiger partial charge < -0.3 is 24.7 Å². The van der Waals surface area contributed by atoms with Crippen molar-refractivity contribution < 1.29 is 33.8 Å². The number of nitrogens with one attached hydrogen (secondary N) is 1. The molecular formula is C17H28N2O8. The van der Waals surface area contributed by atoms with Crippen LogP contribution in [0.15, 0.2) is 5.34 Å². The van der Waals surface area contributed by atoms with Crippen molar-refractivity contribution in [3.05, 3.63) is 4.91 Å². The number of amides is 1. The number of aliphatic carboxylic acids is 1. The summed E-state index contributed by atoms with van der Waals surface area (Å²) in [6.45, 7) is 4.27. The van der Waals surface area contributed by atoms with Gasteiger partial charge in [-0.25, -0.2) is 4.79 Å². The van der Waals surface area contributed by atoms with E-state index in [2.05, 4.69) is 15.5 Å². The van der Waals surface area contributed by atoms with E-state index < -0.39 is 35.2 Å². The van der Waals surface area contributed by atoms with E-state index in [0.717, 1.165) is 32.1 Å². The third-order valence-corrected chi connectivity index (χ3v) is 4.62. The van der Waals surface area contributed by atoms with E-state index >= 15 is 0 Å². The molecule has 1 fully saturated rings. The standard InChI is InChI=1S/C17H28N2O8/c1-12(26-14(22)16(2,3)11-25-19-24)27-15(23)18-10-17(9-13(20)21)7-5-4-6-8-17/h12H,4-11H2,1-3H3,(H,18,23)(H,20,21). The second kappa shape index (κ2) is 10.1. The van der Waals surface area contributed by atoms with Gasteiger partial charge in [0.1, 0.15) is 6.61 Å². The average molecular weight is 388 g/mol. The second-order valence-electron chi connectivity index (χ2n) is 7.59. The van der Waals surface area contributed by atoms with Gasteiger partial charge in [0.15, 0.2) is 5.34 Å². The first kappa shape index (κ1) is 22.7. The monoisotopic (exact) mass is 388 g/mol. The number of carbonyl (C=O) groups excluding carboxylic acids is 2. The van der Waals surface area contributed by atoms with Crippen LogP contribution in [-0.4, -0.2) is 42.6 Å². The lowest BCUT2D eigenvalue weighted by Gasteiger charge is -2.36. The minimum Gasteiger partial charge on any atom is -0.481 e. The van der Waals surface area contributed by atoms with Crippen molar-refractivity contribution in [3.63, 3.8) is 0 Å². The van der Waals surface area contributed by atoms with Crippen LogP contribution in [0.2, 0.25) is 0 Å². The van der Waals surface area contributed by atoms with Crippen LogP contribution in [0.1, 0.15) is 59.3 Å². The Bertz CT molecular complexity index is 543. The van der Waals surface area contributed by atoms with Gasteiger partial charge >= 0.3 is 18.0 Å². The molecule has 1 atom stereocenters. The number of carboxylic acid groups (broad SMARTS) is 1. The minimum absolute atomic E-state index is 0.0171. The Morgan fingerprint density at radius 2 is 1.81 bits per heavy atom. The molecule has 10 nitrogen and oxygen atoms in total. The maximum absolute atomic E-state index is 12.0. The van der Waals surface area contributed by atoms with Gasteiger partial charge in [-0.05, 0) is 32.1 Å². The molecule has 0 heterocycles. The normalized spacial score (nSPS) is 17.3.